The van der Waals surface area contributed by atoms with E-state index in [4.69, 9.17) is 4.74 Å². The summed E-state index contributed by atoms with van der Waals surface area (Å²) in [5.74, 6) is 0. The van der Waals surface area contributed by atoms with Crippen molar-refractivity contribution in [3.8, 4) is 0 Å². The summed E-state index contributed by atoms with van der Waals surface area (Å²) in [6, 6.07) is 0. The molecule has 2 aliphatic rings. The van der Waals surface area contributed by atoms with E-state index < -0.39 is 0 Å². The van der Waals surface area contributed by atoms with Gasteiger partial charge in [-0.2, -0.15) is 0 Å². The molecule has 0 aromatic carbocycles. The van der Waals surface area contributed by atoms with Crippen LogP contribution in [0.4, 0.5) is 0 Å². The molecule has 0 atom stereocenters. The summed E-state index contributed by atoms with van der Waals surface area (Å²) >= 11 is 0. The minimum absolute atomic E-state index is 0.151. The first-order valence-electron chi connectivity index (χ1n) is 5.99. The number of rotatable bonds is 0. The van der Waals surface area contributed by atoms with E-state index in [1.807, 2.05) is 6.26 Å². The van der Waals surface area contributed by atoms with Crippen molar-refractivity contribution in [1.82, 2.24) is 0 Å². The van der Waals surface area contributed by atoms with Crippen LogP contribution in [0.15, 0.2) is 12.3 Å². The van der Waals surface area contributed by atoms with Crippen LogP contribution in [0.25, 0.3) is 0 Å². The minimum atomic E-state index is 0.151. The Morgan fingerprint density at radius 2 is 1.64 bits per heavy atom. The van der Waals surface area contributed by atoms with Crippen LogP contribution in [-0.4, -0.2) is 5.60 Å². The highest BCUT2D eigenvalue weighted by Gasteiger charge is 2.46. The van der Waals surface area contributed by atoms with Gasteiger partial charge in [0.05, 0.1) is 6.26 Å². The molecule has 0 amide bonds. The second kappa shape index (κ2) is 3.60. The highest BCUT2D eigenvalue weighted by atomic mass is 16.5. The van der Waals surface area contributed by atoms with E-state index in [-0.39, 0.29) is 5.60 Å². The molecule has 1 heteroatoms. The zero-order valence-corrected chi connectivity index (χ0v) is 9.51. The van der Waals surface area contributed by atoms with Gasteiger partial charge in [0.1, 0.15) is 5.60 Å². The molecule has 0 aromatic rings. The molecule has 1 saturated carbocycles. The standard InChI is InChI=1S/C13H22O/c1-12(2)8-7-11-14-13(12)9-5-3-4-6-10-13/h7,11H,3-6,8-10H2,1-2H3. The molecule has 0 aromatic heterocycles. The van der Waals surface area contributed by atoms with Crippen LogP contribution in [0.1, 0.15) is 58.8 Å². The zero-order chi connectivity index (χ0) is 10.1. The maximum atomic E-state index is 6.02. The lowest BCUT2D eigenvalue weighted by Crippen LogP contribution is -2.47. The van der Waals surface area contributed by atoms with Crippen LogP contribution in [0.5, 0.6) is 0 Å². The lowest BCUT2D eigenvalue weighted by atomic mass is 9.67. The van der Waals surface area contributed by atoms with Gasteiger partial charge in [0.2, 0.25) is 0 Å². The van der Waals surface area contributed by atoms with Gasteiger partial charge in [0, 0.05) is 5.41 Å². The van der Waals surface area contributed by atoms with E-state index in [1.54, 1.807) is 0 Å². The van der Waals surface area contributed by atoms with Crippen molar-refractivity contribution in [2.24, 2.45) is 5.41 Å². The third kappa shape index (κ3) is 1.57. The number of hydrogen-bond donors (Lipinski definition) is 0. The Kier molecular flexibility index (Phi) is 2.59. The molecule has 1 heterocycles. The SMILES string of the molecule is CC1(C)CC=COC12CCCCCC2. The Bertz CT molecular complexity index is 219. The van der Waals surface area contributed by atoms with Gasteiger partial charge < -0.3 is 4.74 Å². The van der Waals surface area contributed by atoms with Crippen molar-refractivity contribution >= 4 is 0 Å². The normalized spacial score (nSPS) is 29.6. The monoisotopic (exact) mass is 194 g/mol. The van der Waals surface area contributed by atoms with Crippen molar-refractivity contribution in [2.75, 3.05) is 0 Å². The summed E-state index contributed by atoms with van der Waals surface area (Å²) in [6.45, 7) is 4.73. The Morgan fingerprint density at radius 1 is 1.00 bits per heavy atom. The molecule has 14 heavy (non-hydrogen) atoms. The van der Waals surface area contributed by atoms with E-state index in [0.29, 0.717) is 5.41 Å². The topological polar surface area (TPSA) is 9.23 Å². The first-order valence-corrected chi connectivity index (χ1v) is 5.99. The fourth-order valence-electron chi connectivity index (χ4n) is 2.96. The molecule has 1 fully saturated rings. The van der Waals surface area contributed by atoms with Crippen molar-refractivity contribution in [3.63, 3.8) is 0 Å². The van der Waals surface area contributed by atoms with Crippen molar-refractivity contribution < 1.29 is 4.74 Å². The largest absolute Gasteiger partial charge is 0.495 e. The molecule has 1 spiro atoms. The smallest absolute Gasteiger partial charge is 0.113 e. The van der Waals surface area contributed by atoms with Crippen LogP contribution >= 0.6 is 0 Å². The molecule has 1 aliphatic carbocycles. The molecular weight excluding hydrogens is 172 g/mol. The first-order chi connectivity index (χ1) is 6.66. The predicted molar refractivity (Wildman–Crippen MR) is 59.1 cm³/mol. The van der Waals surface area contributed by atoms with Gasteiger partial charge in [-0.15, -0.1) is 0 Å². The van der Waals surface area contributed by atoms with Crippen LogP contribution in [-0.2, 0) is 4.74 Å². The van der Waals surface area contributed by atoms with Crippen LogP contribution < -0.4 is 0 Å². The quantitative estimate of drug-likeness (QED) is 0.565. The van der Waals surface area contributed by atoms with Crippen LogP contribution in [0.2, 0.25) is 0 Å². The fraction of sp³-hybridized carbons (Fsp3) is 0.846. The van der Waals surface area contributed by atoms with E-state index in [9.17, 15) is 0 Å². The average molecular weight is 194 g/mol. The van der Waals surface area contributed by atoms with Crippen LogP contribution in [0, 0.1) is 5.41 Å². The summed E-state index contributed by atoms with van der Waals surface area (Å²) in [5, 5.41) is 0. The number of hydrogen-bond acceptors (Lipinski definition) is 1. The molecular formula is C13H22O. The predicted octanol–water partition coefficient (Wildman–Crippen LogP) is 4.04. The summed E-state index contributed by atoms with van der Waals surface area (Å²) in [4.78, 5) is 0. The maximum Gasteiger partial charge on any atom is 0.113 e. The molecule has 80 valence electrons. The van der Waals surface area contributed by atoms with Gasteiger partial charge in [0.25, 0.3) is 0 Å². The third-order valence-corrected chi connectivity index (χ3v) is 4.16. The molecule has 0 radical (unpaired) electrons. The molecule has 0 bridgehead atoms. The molecule has 0 saturated heterocycles. The minimum Gasteiger partial charge on any atom is -0.495 e. The van der Waals surface area contributed by atoms with Gasteiger partial charge in [-0.25, -0.2) is 0 Å². The molecule has 0 unspecified atom stereocenters. The Morgan fingerprint density at radius 3 is 2.21 bits per heavy atom. The van der Waals surface area contributed by atoms with Gasteiger partial charge in [-0.1, -0.05) is 26.7 Å². The molecule has 1 aliphatic heterocycles. The van der Waals surface area contributed by atoms with Gasteiger partial charge in [-0.3, -0.25) is 0 Å². The highest BCUT2D eigenvalue weighted by molar-refractivity contribution is 5.04. The summed E-state index contributed by atoms with van der Waals surface area (Å²) in [5.41, 5.74) is 0.477. The fourth-order valence-corrected chi connectivity index (χ4v) is 2.96. The average Bonchev–Trinajstić information content (AvgIpc) is 2.37. The maximum absolute atomic E-state index is 6.02. The first kappa shape index (κ1) is 10.1. The summed E-state index contributed by atoms with van der Waals surface area (Å²) in [6.07, 6.45) is 13.3. The van der Waals surface area contributed by atoms with Gasteiger partial charge in [-0.05, 0) is 38.2 Å². The molecule has 1 nitrogen and oxygen atoms in total. The highest BCUT2D eigenvalue weighted by Crippen LogP contribution is 2.48. The third-order valence-electron chi connectivity index (χ3n) is 4.16. The van der Waals surface area contributed by atoms with E-state index in [2.05, 4.69) is 19.9 Å². The summed E-state index contributed by atoms with van der Waals surface area (Å²) in [7, 11) is 0. The number of allylic oxidation sites excluding steroid dienone is 1. The Balaban J connectivity index is 2.21. The second-order valence-electron chi connectivity index (χ2n) is 5.49. The van der Waals surface area contributed by atoms with Gasteiger partial charge >= 0.3 is 0 Å². The van der Waals surface area contributed by atoms with Crippen molar-refractivity contribution in [3.05, 3.63) is 12.3 Å². The van der Waals surface area contributed by atoms with E-state index in [1.165, 1.54) is 44.9 Å². The Hall–Kier alpha value is -0.460. The molecule has 0 N–H and O–H groups in total. The number of ether oxygens (including phenoxy) is 1. The lowest BCUT2D eigenvalue weighted by Gasteiger charge is -2.47. The van der Waals surface area contributed by atoms with E-state index >= 15 is 0 Å². The Labute approximate surface area is 87.5 Å². The molecule has 2 rings (SSSR count). The zero-order valence-electron chi connectivity index (χ0n) is 9.51. The van der Waals surface area contributed by atoms with Gasteiger partial charge in [0.15, 0.2) is 0 Å². The van der Waals surface area contributed by atoms with Crippen molar-refractivity contribution in [2.45, 2.75) is 64.4 Å². The van der Waals surface area contributed by atoms with Crippen LogP contribution in [0.3, 0.4) is 0 Å². The lowest BCUT2D eigenvalue weighted by molar-refractivity contribution is -0.0981. The van der Waals surface area contributed by atoms with E-state index in [0.717, 1.165) is 0 Å². The second-order valence-corrected chi connectivity index (χ2v) is 5.49. The van der Waals surface area contributed by atoms with Crippen molar-refractivity contribution in [1.29, 1.82) is 0 Å². The summed E-state index contributed by atoms with van der Waals surface area (Å²) < 4.78 is 6.02.